The molecule has 8 nitrogen and oxygen atoms in total. The number of carbonyl (C=O) groups excluding carboxylic acids is 2. The van der Waals surface area contributed by atoms with Gasteiger partial charge in [-0.05, 0) is 30.7 Å². The van der Waals surface area contributed by atoms with Crippen molar-refractivity contribution in [1.82, 2.24) is 14.2 Å². The Morgan fingerprint density at radius 3 is 2.25 bits per heavy atom. The van der Waals surface area contributed by atoms with Gasteiger partial charge in [0.05, 0.1) is 0 Å². The van der Waals surface area contributed by atoms with E-state index in [9.17, 15) is 18.0 Å². The Labute approximate surface area is 167 Å². The molecule has 0 radical (unpaired) electrons. The van der Waals surface area contributed by atoms with Crippen molar-refractivity contribution < 1.29 is 22.7 Å². The van der Waals surface area contributed by atoms with Crippen molar-refractivity contribution in [3.05, 3.63) is 18.0 Å². The van der Waals surface area contributed by atoms with Gasteiger partial charge in [-0.1, -0.05) is 27.7 Å². The molecular weight excluding hydrogens is 382 g/mol. The van der Waals surface area contributed by atoms with Crippen LogP contribution in [0.4, 0.5) is 0 Å². The third-order valence-corrected chi connectivity index (χ3v) is 6.31. The van der Waals surface area contributed by atoms with Crippen LogP contribution >= 0.6 is 0 Å². The van der Waals surface area contributed by atoms with E-state index in [1.807, 2.05) is 27.7 Å². The number of amides is 1. The standard InChI is InChI=1S/C19H31N3O5S/c1-14(2)11-21(12-15(3)4)18(23)13-27-19(24)17-9-16(10-20-17)28(25,26)22-7-5-6-8-22/h9-10,14-15,20H,5-8,11-13H2,1-4H3. The van der Waals surface area contributed by atoms with Gasteiger partial charge in [-0.25, -0.2) is 13.2 Å². The molecular formula is C19H31N3O5S. The number of nitrogens with one attached hydrogen (secondary N) is 1. The van der Waals surface area contributed by atoms with Gasteiger partial charge in [0.25, 0.3) is 5.91 Å². The predicted octanol–water partition coefficient (Wildman–Crippen LogP) is 2.10. The Balaban J connectivity index is 1.97. The maximum Gasteiger partial charge on any atom is 0.355 e. The van der Waals surface area contributed by atoms with E-state index >= 15 is 0 Å². The van der Waals surface area contributed by atoms with Crippen LogP contribution in [-0.4, -0.2) is 67.3 Å². The second-order valence-electron chi connectivity index (χ2n) is 8.02. The molecule has 1 aromatic rings. The monoisotopic (exact) mass is 413 g/mol. The summed E-state index contributed by atoms with van der Waals surface area (Å²) in [4.78, 5) is 29.0. The second kappa shape index (κ2) is 9.56. The van der Waals surface area contributed by atoms with Gasteiger partial charge in [0.15, 0.2) is 6.61 Å². The van der Waals surface area contributed by atoms with Gasteiger partial charge in [-0.2, -0.15) is 4.31 Å². The molecule has 0 atom stereocenters. The van der Waals surface area contributed by atoms with Crippen LogP contribution in [0.3, 0.4) is 0 Å². The van der Waals surface area contributed by atoms with Crippen LogP contribution in [0.5, 0.6) is 0 Å². The summed E-state index contributed by atoms with van der Waals surface area (Å²) in [5.74, 6) is -0.391. The number of rotatable bonds is 9. The lowest BCUT2D eigenvalue weighted by atomic mass is 10.1. The summed E-state index contributed by atoms with van der Waals surface area (Å²) in [5, 5.41) is 0. The third-order valence-electron chi connectivity index (χ3n) is 4.43. The normalized spacial score (nSPS) is 15.4. The third kappa shape index (κ3) is 5.81. The molecule has 1 fully saturated rings. The lowest BCUT2D eigenvalue weighted by Gasteiger charge is -2.26. The number of ether oxygens (including phenoxy) is 1. The van der Waals surface area contributed by atoms with Gasteiger partial charge in [0.2, 0.25) is 10.0 Å². The van der Waals surface area contributed by atoms with Gasteiger partial charge >= 0.3 is 5.97 Å². The molecule has 28 heavy (non-hydrogen) atoms. The highest BCUT2D eigenvalue weighted by Crippen LogP contribution is 2.21. The van der Waals surface area contributed by atoms with Crippen molar-refractivity contribution in [3.8, 4) is 0 Å². The molecule has 1 N–H and O–H groups in total. The number of carbonyl (C=O) groups is 2. The molecule has 0 aliphatic carbocycles. The summed E-state index contributed by atoms with van der Waals surface area (Å²) in [5.41, 5.74) is 0.0184. The molecule has 0 spiro atoms. The van der Waals surface area contributed by atoms with Crippen molar-refractivity contribution in [1.29, 1.82) is 0 Å². The summed E-state index contributed by atoms with van der Waals surface area (Å²) in [6, 6.07) is 1.26. The highest BCUT2D eigenvalue weighted by molar-refractivity contribution is 7.89. The van der Waals surface area contributed by atoms with Crippen LogP contribution in [0.25, 0.3) is 0 Å². The number of H-pyrrole nitrogens is 1. The molecule has 9 heteroatoms. The first-order valence-electron chi connectivity index (χ1n) is 9.74. The summed E-state index contributed by atoms with van der Waals surface area (Å²) in [7, 11) is -3.60. The van der Waals surface area contributed by atoms with Crippen LogP contribution in [0.1, 0.15) is 51.0 Å². The number of esters is 1. The summed E-state index contributed by atoms with van der Waals surface area (Å²) in [6.45, 7) is 9.88. The maximum absolute atomic E-state index is 12.5. The highest BCUT2D eigenvalue weighted by Gasteiger charge is 2.29. The lowest BCUT2D eigenvalue weighted by Crippen LogP contribution is -2.39. The Morgan fingerprint density at radius 2 is 1.71 bits per heavy atom. The molecule has 0 saturated carbocycles. The SMILES string of the molecule is CC(C)CN(CC(C)C)C(=O)COC(=O)c1cc(S(=O)(=O)N2CCCC2)c[nH]1. The van der Waals surface area contributed by atoms with E-state index in [1.54, 1.807) is 4.90 Å². The minimum absolute atomic E-state index is 0.0184. The Kier molecular flexibility index (Phi) is 7.65. The molecule has 1 saturated heterocycles. The van der Waals surface area contributed by atoms with E-state index in [2.05, 4.69) is 4.98 Å². The second-order valence-corrected chi connectivity index (χ2v) is 9.96. The number of nitrogens with zero attached hydrogens (tertiary/aromatic N) is 2. The van der Waals surface area contributed by atoms with Gasteiger partial charge in [0, 0.05) is 32.4 Å². The molecule has 1 aromatic heterocycles. The van der Waals surface area contributed by atoms with Crippen LogP contribution in [0.2, 0.25) is 0 Å². The molecule has 158 valence electrons. The predicted molar refractivity (Wildman–Crippen MR) is 105 cm³/mol. The molecule has 0 aromatic carbocycles. The number of hydrogen-bond donors (Lipinski definition) is 1. The van der Waals surface area contributed by atoms with Crippen molar-refractivity contribution in [3.63, 3.8) is 0 Å². The molecule has 1 amide bonds. The lowest BCUT2D eigenvalue weighted by molar-refractivity contribution is -0.135. The van der Waals surface area contributed by atoms with E-state index < -0.39 is 16.0 Å². The average Bonchev–Trinajstić information content (AvgIpc) is 3.29. The fourth-order valence-electron chi connectivity index (χ4n) is 3.17. The smallest absolute Gasteiger partial charge is 0.355 e. The van der Waals surface area contributed by atoms with E-state index in [1.165, 1.54) is 16.6 Å². The highest BCUT2D eigenvalue weighted by atomic mass is 32.2. The molecule has 1 aliphatic heterocycles. The summed E-state index contributed by atoms with van der Waals surface area (Å²) < 4.78 is 31.6. The summed E-state index contributed by atoms with van der Waals surface area (Å²) in [6.07, 6.45) is 2.96. The van der Waals surface area contributed by atoms with E-state index in [0.29, 0.717) is 38.0 Å². The number of sulfonamides is 1. The van der Waals surface area contributed by atoms with Crippen LogP contribution in [0, 0.1) is 11.8 Å². The fraction of sp³-hybridized carbons (Fsp3) is 0.684. The molecule has 1 aliphatic rings. The zero-order chi connectivity index (χ0) is 20.9. The zero-order valence-electron chi connectivity index (χ0n) is 17.1. The maximum atomic E-state index is 12.5. The van der Waals surface area contributed by atoms with E-state index in [0.717, 1.165) is 12.8 Å². The first-order chi connectivity index (χ1) is 13.1. The quantitative estimate of drug-likeness (QED) is 0.625. The van der Waals surface area contributed by atoms with E-state index in [-0.39, 0.29) is 23.1 Å². The largest absolute Gasteiger partial charge is 0.451 e. The Morgan fingerprint density at radius 1 is 1.14 bits per heavy atom. The first kappa shape index (κ1) is 22.4. The number of hydrogen-bond acceptors (Lipinski definition) is 5. The molecule has 0 unspecified atom stereocenters. The minimum atomic E-state index is -3.60. The first-order valence-corrected chi connectivity index (χ1v) is 11.2. The molecule has 2 rings (SSSR count). The fourth-order valence-corrected chi connectivity index (χ4v) is 4.69. The zero-order valence-corrected chi connectivity index (χ0v) is 17.9. The minimum Gasteiger partial charge on any atom is -0.451 e. The number of aromatic amines is 1. The summed E-state index contributed by atoms with van der Waals surface area (Å²) >= 11 is 0. The van der Waals surface area contributed by atoms with Crippen LogP contribution in [0.15, 0.2) is 17.2 Å². The Hall–Kier alpha value is -1.87. The topological polar surface area (TPSA) is 99.8 Å². The molecule has 0 bridgehead atoms. The Bertz CT molecular complexity index is 769. The van der Waals surface area contributed by atoms with Crippen molar-refractivity contribution >= 4 is 21.9 Å². The molecule has 2 heterocycles. The number of aromatic nitrogens is 1. The van der Waals surface area contributed by atoms with Crippen molar-refractivity contribution in [2.24, 2.45) is 11.8 Å². The van der Waals surface area contributed by atoms with Crippen molar-refractivity contribution in [2.45, 2.75) is 45.4 Å². The van der Waals surface area contributed by atoms with Gasteiger partial charge in [-0.3, -0.25) is 4.79 Å². The van der Waals surface area contributed by atoms with Crippen molar-refractivity contribution in [2.75, 3.05) is 32.8 Å². The van der Waals surface area contributed by atoms with Crippen LogP contribution < -0.4 is 0 Å². The van der Waals surface area contributed by atoms with E-state index in [4.69, 9.17) is 4.74 Å². The van der Waals surface area contributed by atoms with Crippen LogP contribution in [-0.2, 0) is 19.6 Å². The van der Waals surface area contributed by atoms with Gasteiger partial charge in [0.1, 0.15) is 10.6 Å². The van der Waals surface area contributed by atoms with Gasteiger partial charge < -0.3 is 14.6 Å². The average molecular weight is 414 g/mol. The van der Waals surface area contributed by atoms with Gasteiger partial charge in [-0.15, -0.1) is 0 Å².